The Morgan fingerprint density at radius 2 is 1.94 bits per heavy atom. The zero-order valence-electron chi connectivity index (χ0n) is 8.37. The molecule has 0 saturated heterocycles. The maximum absolute atomic E-state index is 12.5. The Labute approximate surface area is 99.8 Å². The number of nitrogens with two attached hydrogens (primary N) is 2. The molecule has 17 heavy (non-hydrogen) atoms. The second-order valence-corrected chi connectivity index (χ2v) is 3.41. The van der Waals surface area contributed by atoms with Gasteiger partial charge in [0.15, 0.2) is 0 Å². The lowest BCUT2D eigenvalue weighted by Gasteiger charge is -2.08. The lowest BCUT2D eigenvalue weighted by molar-refractivity contribution is -0.137. The van der Waals surface area contributed by atoms with Crippen molar-refractivity contribution in [2.45, 2.75) is 6.18 Å². The SMILES string of the molecule is NC(N)=N/N=C\c1ccc(Cl)c(C(F)(F)F)c1. The molecule has 0 amide bonds. The summed E-state index contributed by atoms with van der Waals surface area (Å²) in [5.74, 6) is -0.286. The molecule has 0 fully saturated rings. The van der Waals surface area contributed by atoms with Crippen LogP contribution in [0, 0.1) is 0 Å². The molecule has 0 aliphatic heterocycles. The number of alkyl halides is 3. The molecule has 4 nitrogen and oxygen atoms in total. The van der Waals surface area contributed by atoms with Crippen molar-refractivity contribution < 1.29 is 13.2 Å². The Bertz CT molecular complexity index is 464. The molecule has 0 bridgehead atoms. The van der Waals surface area contributed by atoms with Crippen molar-refractivity contribution in [3.05, 3.63) is 34.3 Å². The standard InChI is InChI=1S/C9H8ClF3N4/c10-7-2-1-5(4-16-17-8(14)15)3-6(7)9(11,12)13/h1-4H,(H4,14,15,17)/b16-4-. The first kappa shape index (κ1) is 13.3. The first-order valence-electron chi connectivity index (χ1n) is 4.29. The monoisotopic (exact) mass is 264 g/mol. The average Bonchev–Trinajstić information content (AvgIpc) is 2.18. The second kappa shape index (κ2) is 5.05. The lowest BCUT2D eigenvalue weighted by Crippen LogP contribution is -2.21. The second-order valence-electron chi connectivity index (χ2n) is 3.01. The van der Waals surface area contributed by atoms with E-state index >= 15 is 0 Å². The van der Waals surface area contributed by atoms with E-state index in [4.69, 9.17) is 23.1 Å². The normalized spacial score (nSPS) is 11.8. The largest absolute Gasteiger partial charge is 0.417 e. The highest BCUT2D eigenvalue weighted by atomic mass is 35.5. The Kier molecular flexibility index (Phi) is 3.95. The third-order valence-corrected chi connectivity index (χ3v) is 2.01. The van der Waals surface area contributed by atoms with Crippen LogP contribution in [-0.2, 0) is 6.18 Å². The first-order chi connectivity index (χ1) is 7.80. The van der Waals surface area contributed by atoms with E-state index in [1.165, 1.54) is 6.07 Å². The van der Waals surface area contributed by atoms with Gasteiger partial charge in [0.1, 0.15) is 0 Å². The Balaban J connectivity index is 3.06. The van der Waals surface area contributed by atoms with E-state index in [0.29, 0.717) is 0 Å². The van der Waals surface area contributed by atoms with Crippen LogP contribution in [0.3, 0.4) is 0 Å². The molecule has 0 saturated carbocycles. The summed E-state index contributed by atoms with van der Waals surface area (Å²) in [5.41, 5.74) is 9.24. The Morgan fingerprint density at radius 3 is 2.47 bits per heavy atom. The van der Waals surface area contributed by atoms with Gasteiger partial charge >= 0.3 is 6.18 Å². The zero-order valence-corrected chi connectivity index (χ0v) is 9.13. The summed E-state index contributed by atoms with van der Waals surface area (Å²) in [6.45, 7) is 0. The summed E-state index contributed by atoms with van der Waals surface area (Å²) < 4.78 is 37.4. The van der Waals surface area contributed by atoms with E-state index in [0.717, 1.165) is 18.3 Å². The number of benzene rings is 1. The topological polar surface area (TPSA) is 76.8 Å². The molecule has 0 aliphatic carbocycles. The molecular formula is C9H8ClF3N4. The fourth-order valence-corrected chi connectivity index (χ4v) is 1.23. The van der Waals surface area contributed by atoms with Gasteiger partial charge in [-0.2, -0.15) is 18.3 Å². The molecule has 92 valence electrons. The van der Waals surface area contributed by atoms with Crippen molar-refractivity contribution in [2.24, 2.45) is 21.7 Å². The van der Waals surface area contributed by atoms with Crippen LogP contribution in [0.1, 0.15) is 11.1 Å². The third kappa shape index (κ3) is 3.95. The van der Waals surface area contributed by atoms with Gasteiger partial charge < -0.3 is 11.5 Å². The van der Waals surface area contributed by atoms with Crippen molar-refractivity contribution in [3.8, 4) is 0 Å². The van der Waals surface area contributed by atoms with E-state index in [2.05, 4.69) is 10.2 Å². The van der Waals surface area contributed by atoms with Crippen LogP contribution in [0.2, 0.25) is 5.02 Å². The number of hydrogen-bond donors (Lipinski definition) is 2. The van der Waals surface area contributed by atoms with Gasteiger partial charge in [-0.05, 0) is 17.7 Å². The number of hydrogen-bond acceptors (Lipinski definition) is 2. The summed E-state index contributed by atoms with van der Waals surface area (Å²) in [6.07, 6.45) is -3.43. The van der Waals surface area contributed by atoms with Gasteiger partial charge in [0.25, 0.3) is 0 Å². The van der Waals surface area contributed by atoms with Gasteiger partial charge in [-0.15, -0.1) is 5.10 Å². The highest BCUT2D eigenvalue weighted by Crippen LogP contribution is 2.34. The quantitative estimate of drug-likeness (QED) is 0.487. The minimum Gasteiger partial charge on any atom is -0.369 e. The van der Waals surface area contributed by atoms with Gasteiger partial charge in [0, 0.05) is 0 Å². The van der Waals surface area contributed by atoms with E-state index < -0.39 is 11.7 Å². The third-order valence-electron chi connectivity index (χ3n) is 1.68. The molecular weight excluding hydrogens is 257 g/mol. The maximum Gasteiger partial charge on any atom is 0.417 e. The zero-order chi connectivity index (χ0) is 13.1. The van der Waals surface area contributed by atoms with Gasteiger partial charge in [-0.25, -0.2) is 0 Å². The number of rotatable bonds is 2. The molecule has 4 N–H and O–H groups in total. The maximum atomic E-state index is 12.5. The molecule has 0 radical (unpaired) electrons. The predicted octanol–water partition coefficient (Wildman–Crippen LogP) is 1.97. The number of nitrogens with zero attached hydrogens (tertiary/aromatic N) is 2. The summed E-state index contributed by atoms with van der Waals surface area (Å²) >= 11 is 5.43. The minimum atomic E-state index is -4.52. The highest BCUT2D eigenvalue weighted by Gasteiger charge is 2.33. The van der Waals surface area contributed by atoms with Gasteiger partial charge in [-0.1, -0.05) is 17.7 Å². The van der Waals surface area contributed by atoms with Crippen molar-refractivity contribution in [2.75, 3.05) is 0 Å². The van der Waals surface area contributed by atoms with Crippen LogP contribution < -0.4 is 11.5 Å². The van der Waals surface area contributed by atoms with Crippen molar-refractivity contribution in [1.29, 1.82) is 0 Å². The van der Waals surface area contributed by atoms with Gasteiger partial charge in [0.2, 0.25) is 5.96 Å². The molecule has 0 aromatic heterocycles. The number of guanidine groups is 1. The van der Waals surface area contributed by atoms with Gasteiger partial charge in [0.05, 0.1) is 16.8 Å². The Morgan fingerprint density at radius 1 is 1.29 bits per heavy atom. The molecule has 0 atom stereocenters. The van der Waals surface area contributed by atoms with Crippen molar-refractivity contribution in [3.63, 3.8) is 0 Å². The molecule has 0 aliphatic rings. The lowest BCUT2D eigenvalue weighted by atomic mass is 10.1. The summed E-state index contributed by atoms with van der Waals surface area (Å²) in [6, 6.07) is 3.35. The van der Waals surface area contributed by atoms with Crippen LogP contribution in [0.4, 0.5) is 13.2 Å². The predicted molar refractivity (Wildman–Crippen MR) is 59.9 cm³/mol. The molecule has 1 aromatic rings. The molecule has 0 spiro atoms. The van der Waals surface area contributed by atoms with Gasteiger partial charge in [-0.3, -0.25) is 0 Å². The van der Waals surface area contributed by atoms with Crippen molar-refractivity contribution >= 4 is 23.8 Å². The minimum absolute atomic E-state index is 0.187. The summed E-state index contributed by atoms with van der Waals surface area (Å²) in [7, 11) is 0. The molecule has 0 heterocycles. The number of halogens is 4. The highest BCUT2D eigenvalue weighted by molar-refractivity contribution is 6.31. The van der Waals surface area contributed by atoms with Crippen LogP contribution >= 0.6 is 11.6 Å². The van der Waals surface area contributed by atoms with E-state index in [1.54, 1.807) is 0 Å². The fourth-order valence-electron chi connectivity index (χ4n) is 1.00. The smallest absolute Gasteiger partial charge is 0.369 e. The Hall–Kier alpha value is -1.76. The average molecular weight is 265 g/mol. The first-order valence-corrected chi connectivity index (χ1v) is 4.67. The summed E-state index contributed by atoms with van der Waals surface area (Å²) in [5, 5.41) is 6.28. The van der Waals surface area contributed by atoms with E-state index in [-0.39, 0.29) is 16.5 Å². The molecule has 0 unspecified atom stereocenters. The van der Waals surface area contributed by atoms with Crippen LogP contribution in [0.25, 0.3) is 0 Å². The molecule has 1 aromatic carbocycles. The molecule has 8 heteroatoms. The van der Waals surface area contributed by atoms with E-state index in [1.807, 2.05) is 0 Å². The molecule has 1 rings (SSSR count). The van der Waals surface area contributed by atoms with Crippen LogP contribution in [-0.4, -0.2) is 12.2 Å². The van der Waals surface area contributed by atoms with E-state index in [9.17, 15) is 13.2 Å². The fraction of sp³-hybridized carbons (Fsp3) is 0.111. The summed E-state index contributed by atoms with van der Waals surface area (Å²) in [4.78, 5) is 0. The van der Waals surface area contributed by atoms with Crippen molar-refractivity contribution in [1.82, 2.24) is 0 Å². The van der Waals surface area contributed by atoms with Crippen LogP contribution in [0.15, 0.2) is 28.4 Å². The van der Waals surface area contributed by atoms with Crippen LogP contribution in [0.5, 0.6) is 0 Å².